The van der Waals surface area contributed by atoms with Gasteiger partial charge >= 0.3 is 17.8 Å². The number of para-hydroxylation sites is 2. The zero-order chi connectivity index (χ0) is 22.1. The molecule has 3 aliphatic heterocycles. The minimum Gasteiger partial charge on any atom is -0.486 e. The summed E-state index contributed by atoms with van der Waals surface area (Å²) in [4.78, 5) is 46.6. The summed E-state index contributed by atoms with van der Waals surface area (Å²) < 4.78 is 11.9. The summed E-state index contributed by atoms with van der Waals surface area (Å²) in [7, 11) is 0. The van der Waals surface area contributed by atoms with Crippen molar-refractivity contribution in [1.29, 1.82) is 0 Å². The molecular formula is C23H24N4O5. The van der Waals surface area contributed by atoms with E-state index < -0.39 is 17.8 Å². The lowest BCUT2D eigenvalue weighted by Gasteiger charge is -2.38. The highest BCUT2D eigenvalue weighted by atomic mass is 16.6. The molecule has 0 spiro atoms. The fourth-order valence-corrected chi connectivity index (χ4v) is 4.49. The van der Waals surface area contributed by atoms with Gasteiger partial charge in [0.05, 0.1) is 18.3 Å². The average molecular weight is 436 g/mol. The summed E-state index contributed by atoms with van der Waals surface area (Å²) in [5.74, 6) is -0.0969. The lowest BCUT2D eigenvalue weighted by Crippen LogP contribution is -2.53. The van der Waals surface area contributed by atoms with Gasteiger partial charge in [-0.1, -0.05) is 18.2 Å². The van der Waals surface area contributed by atoms with Gasteiger partial charge in [-0.05, 0) is 43.7 Å². The van der Waals surface area contributed by atoms with Crippen LogP contribution in [-0.2, 0) is 16.1 Å². The molecular weight excluding hydrogens is 412 g/mol. The Hall–Kier alpha value is -3.46. The van der Waals surface area contributed by atoms with E-state index in [2.05, 4.69) is 9.88 Å². The number of aromatic nitrogens is 1. The quantitative estimate of drug-likeness (QED) is 0.520. The van der Waals surface area contributed by atoms with Crippen LogP contribution in [0.1, 0.15) is 18.5 Å². The summed E-state index contributed by atoms with van der Waals surface area (Å²) in [6, 6.07) is 11.9. The van der Waals surface area contributed by atoms with Crippen LogP contribution >= 0.6 is 0 Å². The maximum Gasteiger partial charge on any atom is 0.334 e. The number of nitrogens with zero attached hydrogens (tertiary/aromatic N) is 4. The molecule has 0 radical (unpaired) electrons. The van der Waals surface area contributed by atoms with Crippen molar-refractivity contribution in [3.8, 4) is 11.5 Å². The minimum absolute atomic E-state index is 0.0101. The minimum atomic E-state index is -0.793. The van der Waals surface area contributed by atoms with Crippen molar-refractivity contribution in [3.63, 3.8) is 0 Å². The number of fused-ring (bicyclic) bond motifs is 1. The van der Waals surface area contributed by atoms with Crippen LogP contribution in [0.2, 0.25) is 0 Å². The summed E-state index contributed by atoms with van der Waals surface area (Å²) in [5.41, 5.74) is 0.559. The third-order valence-electron chi connectivity index (χ3n) is 6.01. The molecule has 0 aliphatic carbocycles. The maximum atomic E-state index is 13.0. The standard InChI is InChI=1S/C23H24N4O5/c28-21-22(29)27(23(30)26(21)12-16-6-3-4-10-24-16)17-7-5-11-25(13-17)14-18-15-31-19-8-1-2-9-20(19)32-18/h1-4,6,8-10,17-18H,5,7,11-15H2/t17-,18-/m0/s1. The van der Waals surface area contributed by atoms with Gasteiger partial charge in [0.1, 0.15) is 12.7 Å². The van der Waals surface area contributed by atoms with Crippen LogP contribution in [0.4, 0.5) is 4.79 Å². The van der Waals surface area contributed by atoms with Crippen LogP contribution < -0.4 is 9.47 Å². The first kappa shape index (κ1) is 20.4. The number of carbonyl (C=O) groups excluding carboxylic acids is 3. The van der Waals surface area contributed by atoms with Crippen LogP contribution in [0, 0.1) is 0 Å². The van der Waals surface area contributed by atoms with Crippen molar-refractivity contribution in [2.45, 2.75) is 31.5 Å². The number of imide groups is 2. The van der Waals surface area contributed by atoms with Gasteiger partial charge in [-0.15, -0.1) is 0 Å². The molecule has 0 bridgehead atoms. The fourth-order valence-electron chi connectivity index (χ4n) is 4.49. The Kier molecular flexibility index (Phi) is 5.48. The third kappa shape index (κ3) is 3.91. The first-order chi connectivity index (χ1) is 15.6. The maximum absolute atomic E-state index is 13.0. The van der Waals surface area contributed by atoms with Gasteiger partial charge in [-0.2, -0.15) is 0 Å². The number of piperidine rings is 1. The highest BCUT2D eigenvalue weighted by molar-refractivity contribution is 6.44. The number of benzene rings is 1. The smallest absolute Gasteiger partial charge is 0.334 e. The molecule has 3 aliphatic rings. The Morgan fingerprint density at radius 1 is 1.00 bits per heavy atom. The molecule has 1 aromatic carbocycles. The van der Waals surface area contributed by atoms with E-state index in [4.69, 9.17) is 9.47 Å². The second-order valence-electron chi connectivity index (χ2n) is 8.22. The number of pyridine rings is 1. The van der Waals surface area contributed by atoms with Crippen molar-refractivity contribution in [2.24, 2.45) is 0 Å². The molecule has 0 unspecified atom stereocenters. The molecule has 0 N–H and O–H groups in total. The Morgan fingerprint density at radius 3 is 2.62 bits per heavy atom. The van der Waals surface area contributed by atoms with Gasteiger partial charge in [-0.3, -0.25) is 24.4 Å². The SMILES string of the molecule is O=C1C(=O)N([C@H]2CCCN(C[C@H]3COc4ccccc4O3)C2)C(=O)N1Cc1ccccn1. The van der Waals surface area contributed by atoms with Crippen molar-refractivity contribution < 1.29 is 23.9 Å². The molecule has 0 saturated carbocycles. The summed E-state index contributed by atoms with van der Waals surface area (Å²) in [5, 5.41) is 0. The van der Waals surface area contributed by atoms with Gasteiger partial charge < -0.3 is 9.47 Å². The molecule has 2 saturated heterocycles. The molecule has 2 fully saturated rings. The van der Waals surface area contributed by atoms with Gasteiger partial charge in [0.2, 0.25) is 0 Å². The highest BCUT2D eigenvalue weighted by Crippen LogP contribution is 2.31. The van der Waals surface area contributed by atoms with Gasteiger partial charge in [0, 0.05) is 19.3 Å². The van der Waals surface area contributed by atoms with E-state index in [1.165, 1.54) is 0 Å². The van der Waals surface area contributed by atoms with Crippen LogP contribution in [0.3, 0.4) is 0 Å². The van der Waals surface area contributed by atoms with Gasteiger partial charge in [0.15, 0.2) is 11.5 Å². The Labute approximate surface area is 185 Å². The predicted molar refractivity (Wildman–Crippen MR) is 113 cm³/mol. The predicted octanol–water partition coefficient (Wildman–Crippen LogP) is 1.68. The number of carbonyl (C=O) groups is 3. The van der Waals surface area contributed by atoms with Gasteiger partial charge in [-0.25, -0.2) is 9.69 Å². The number of hydrogen-bond donors (Lipinski definition) is 0. The van der Waals surface area contributed by atoms with E-state index in [1.54, 1.807) is 24.4 Å². The van der Waals surface area contributed by atoms with Gasteiger partial charge in [0.25, 0.3) is 0 Å². The summed E-state index contributed by atoms with van der Waals surface area (Å²) in [6.07, 6.45) is 2.94. The zero-order valence-corrected chi connectivity index (χ0v) is 17.6. The van der Waals surface area contributed by atoms with Crippen molar-refractivity contribution >= 4 is 17.8 Å². The van der Waals surface area contributed by atoms with Crippen LogP contribution in [0.25, 0.3) is 0 Å². The number of ether oxygens (including phenoxy) is 2. The normalized spacial score (nSPS) is 23.7. The molecule has 2 atom stereocenters. The van der Waals surface area contributed by atoms with Crippen molar-refractivity contribution in [3.05, 3.63) is 54.4 Å². The van der Waals surface area contributed by atoms with Crippen molar-refractivity contribution in [2.75, 3.05) is 26.2 Å². The number of likely N-dealkylation sites (tertiary alicyclic amines) is 1. The highest BCUT2D eigenvalue weighted by Gasteiger charge is 2.48. The molecule has 2 aromatic rings. The second-order valence-corrected chi connectivity index (χ2v) is 8.22. The zero-order valence-electron chi connectivity index (χ0n) is 17.6. The molecule has 1 aromatic heterocycles. The largest absolute Gasteiger partial charge is 0.486 e. The van der Waals surface area contributed by atoms with Crippen LogP contribution in [-0.4, -0.2) is 75.9 Å². The van der Waals surface area contributed by atoms with E-state index in [0.717, 1.165) is 34.3 Å². The monoisotopic (exact) mass is 436 g/mol. The number of urea groups is 1. The van der Waals surface area contributed by atoms with E-state index in [0.29, 0.717) is 31.8 Å². The lowest BCUT2D eigenvalue weighted by molar-refractivity contribution is -0.144. The summed E-state index contributed by atoms with van der Waals surface area (Å²) >= 11 is 0. The van der Waals surface area contributed by atoms with Crippen molar-refractivity contribution in [1.82, 2.24) is 19.7 Å². The topological polar surface area (TPSA) is 92.3 Å². The molecule has 9 nitrogen and oxygen atoms in total. The molecule has 32 heavy (non-hydrogen) atoms. The lowest BCUT2D eigenvalue weighted by atomic mass is 10.0. The number of hydrogen-bond acceptors (Lipinski definition) is 7. The molecule has 166 valence electrons. The molecule has 4 heterocycles. The second kappa shape index (κ2) is 8.58. The Balaban J connectivity index is 1.23. The Bertz CT molecular complexity index is 1030. The van der Waals surface area contributed by atoms with E-state index in [1.807, 2.05) is 24.3 Å². The fraction of sp³-hybridized carbons (Fsp3) is 0.391. The molecule has 5 rings (SSSR count). The van der Waals surface area contributed by atoms with E-state index >= 15 is 0 Å². The first-order valence-corrected chi connectivity index (χ1v) is 10.8. The first-order valence-electron chi connectivity index (χ1n) is 10.8. The van der Waals surface area contributed by atoms with E-state index in [-0.39, 0.29) is 18.7 Å². The van der Waals surface area contributed by atoms with E-state index in [9.17, 15) is 14.4 Å². The van der Waals surface area contributed by atoms with Crippen LogP contribution in [0.5, 0.6) is 11.5 Å². The number of amides is 4. The summed E-state index contributed by atoms with van der Waals surface area (Å²) in [6.45, 7) is 2.39. The average Bonchev–Trinajstić information content (AvgIpc) is 3.03. The van der Waals surface area contributed by atoms with Crippen LogP contribution in [0.15, 0.2) is 48.7 Å². The number of rotatable bonds is 5. The third-order valence-corrected chi connectivity index (χ3v) is 6.01. The Morgan fingerprint density at radius 2 is 1.81 bits per heavy atom. The molecule has 9 heteroatoms. The molecule has 4 amide bonds.